The van der Waals surface area contributed by atoms with Crippen LogP contribution < -0.4 is 10.1 Å². The Balaban J connectivity index is 1.74. The Labute approximate surface area is 149 Å². The standard InChI is InChI=1S/C20H25N3O2/c1-3-17-6-4-5-13-23(17)20(24)19-14-16(11-12-21-19)22-15-7-9-18(25-2)10-8-15/h7-12,14,17H,3-6,13H2,1-2H3,(H,21,22). The summed E-state index contributed by atoms with van der Waals surface area (Å²) in [5.74, 6) is 0.844. The van der Waals surface area contributed by atoms with E-state index in [1.54, 1.807) is 13.3 Å². The van der Waals surface area contributed by atoms with Crippen LogP contribution in [0.25, 0.3) is 0 Å². The Kier molecular flexibility index (Phi) is 5.53. The number of amides is 1. The van der Waals surface area contributed by atoms with Crippen LogP contribution in [0.4, 0.5) is 11.4 Å². The van der Waals surface area contributed by atoms with Crippen molar-refractivity contribution in [3.8, 4) is 5.75 Å². The van der Waals surface area contributed by atoms with Crippen LogP contribution in [0.2, 0.25) is 0 Å². The van der Waals surface area contributed by atoms with Gasteiger partial charge in [0.1, 0.15) is 11.4 Å². The first-order valence-electron chi connectivity index (χ1n) is 8.89. The van der Waals surface area contributed by atoms with Crippen molar-refractivity contribution in [2.45, 2.75) is 38.6 Å². The number of rotatable bonds is 5. The topological polar surface area (TPSA) is 54.5 Å². The lowest BCUT2D eigenvalue weighted by Crippen LogP contribution is -2.43. The zero-order valence-electron chi connectivity index (χ0n) is 14.9. The highest BCUT2D eigenvalue weighted by atomic mass is 16.5. The van der Waals surface area contributed by atoms with E-state index in [0.717, 1.165) is 42.9 Å². The van der Waals surface area contributed by atoms with Crippen molar-refractivity contribution >= 4 is 17.3 Å². The maximum absolute atomic E-state index is 12.9. The molecule has 1 aliphatic rings. The third-order valence-corrected chi connectivity index (χ3v) is 4.72. The lowest BCUT2D eigenvalue weighted by Gasteiger charge is -2.35. The first-order chi connectivity index (χ1) is 12.2. The van der Waals surface area contributed by atoms with Gasteiger partial charge in [0.15, 0.2) is 0 Å². The molecule has 0 radical (unpaired) electrons. The molecule has 2 heterocycles. The number of pyridine rings is 1. The second-order valence-electron chi connectivity index (χ2n) is 6.34. The molecule has 0 bridgehead atoms. The number of likely N-dealkylation sites (tertiary alicyclic amines) is 1. The zero-order chi connectivity index (χ0) is 17.6. The number of aromatic nitrogens is 1. The summed E-state index contributed by atoms with van der Waals surface area (Å²) in [4.78, 5) is 19.2. The highest BCUT2D eigenvalue weighted by Crippen LogP contribution is 2.23. The minimum Gasteiger partial charge on any atom is -0.497 e. The van der Waals surface area contributed by atoms with Crippen LogP contribution >= 0.6 is 0 Å². The molecule has 1 saturated heterocycles. The first-order valence-corrected chi connectivity index (χ1v) is 8.89. The summed E-state index contributed by atoms with van der Waals surface area (Å²) in [7, 11) is 1.65. The van der Waals surface area contributed by atoms with E-state index in [0.29, 0.717) is 11.7 Å². The number of nitrogens with zero attached hydrogens (tertiary/aromatic N) is 2. The zero-order valence-corrected chi connectivity index (χ0v) is 14.9. The second-order valence-corrected chi connectivity index (χ2v) is 6.34. The van der Waals surface area contributed by atoms with Gasteiger partial charge in [-0.3, -0.25) is 9.78 Å². The Hall–Kier alpha value is -2.56. The fourth-order valence-corrected chi connectivity index (χ4v) is 3.31. The summed E-state index contributed by atoms with van der Waals surface area (Å²) in [6.07, 6.45) is 6.05. The maximum Gasteiger partial charge on any atom is 0.272 e. The van der Waals surface area contributed by atoms with Gasteiger partial charge in [-0.1, -0.05) is 6.92 Å². The van der Waals surface area contributed by atoms with Crippen molar-refractivity contribution in [3.05, 3.63) is 48.3 Å². The molecule has 5 heteroatoms. The minimum absolute atomic E-state index is 0.0323. The van der Waals surface area contributed by atoms with E-state index >= 15 is 0 Å². The maximum atomic E-state index is 12.9. The average molecular weight is 339 g/mol. The Morgan fingerprint density at radius 1 is 1.24 bits per heavy atom. The highest BCUT2D eigenvalue weighted by molar-refractivity contribution is 5.93. The van der Waals surface area contributed by atoms with Crippen LogP contribution in [0.3, 0.4) is 0 Å². The van der Waals surface area contributed by atoms with Crippen LogP contribution in [0.1, 0.15) is 43.1 Å². The molecule has 3 rings (SSSR count). The van der Waals surface area contributed by atoms with E-state index in [1.165, 1.54) is 6.42 Å². The Morgan fingerprint density at radius 3 is 2.76 bits per heavy atom. The second kappa shape index (κ2) is 8.01. The van der Waals surface area contributed by atoms with Crippen LogP contribution in [-0.4, -0.2) is 35.5 Å². The fourth-order valence-electron chi connectivity index (χ4n) is 3.31. The van der Waals surface area contributed by atoms with Crippen molar-refractivity contribution in [2.24, 2.45) is 0 Å². The van der Waals surface area contributed by atoms with Crippen molar-refractivity contribution in [3.63, 3.8) is 0 Å². The monoisotopic (exact) mass is 339 g/mol. The quantitative estimate of drug-likeness (QED) is 0.885. The molecular formula is C20H25N3O2. The molecule has 1 aromatic carbocycles. The molecule has 25 heavy (non-hydrogen) atoms. The van der Waals surface area contributed by atoms with E-state index in [1.807, 2.05) is 41.3 Å². The van der Waals surface area contributed by atoms with E-state index < -0.39 is 0 Å². The molecule has 0 spiro atoms. The molecule has 1 amide bonds. The SMILES string of the molecule is CCC1CCCCN1C(=O)c1cc(Nc2ccc(OC)cc2)ccn1. The van der Waals surface area contributed by atoms with Gasteiger partial charge < -0.3 is 15.0 Å². The third-order valence-electron chi connectivity index (χ3n) is 4.72. The summed E-state index contributed by atoms with van der Waals surface area (Å²) in [5, 5.41) is 3.31. The van der Waals surface area contributed by atoms with Crippen LogP contribution in [0.5, 0.6) is 5.75 Å². The minimum atomic E-state index is 0.0323. The lowest BCUT2D eigenvalue weighted by atomic mass is 9.99. The number of benzene rings is 1. The third kappa shape index (κ3) is 4.10. The predicted molar refractivity (Wildman–Crippen MR) is 99.5 cm³/mol. The highest BCUT2D eigenvalue weighted by Gasteiger charge is 2.26. The summed E-state index contributed by atoms with van der Waals surface area (Å²) in [6.45, 7) is 2.97. The number of carbonyl (C=O) groups excluding carboxylic acids is 1. The number of methoxy groups -OCH3 is 1. The van der Waals surface area contributed by atoms with Crippen molar-refractivity contribution in [2.75, 3.05) is 19.0 Å². The normalized spacial score (nSPS) is 17.2. The van der Waals surface area contributed by atoms with Gasteiger partial charge in [0, 0.05) is 30.2 Å². The molecule has 0 aliphatic carbocycles. The van der Waals surface area contributed by atoms with E-state index in [4.69, 9.17) is 4.74 Å². The molecular weight excluding hydrogens is 314 g/mol. The van der Waals surface area contributed by atoms with Gasteiger partial charge in [-0.15, -0.1) is 0 Å². The van der Waals surface area contributed by atoms with Crippen molar-refractivity contribution in [1.29, 1.82) is 0 Å². The summed E-state index contributed by atoms with van der Waals surface area (Å²) in [5.41, 5.74) is 2.29. The molecule has 1 atom stereocenters. The number of ether oxygens (including phenoxy) is 1. The lowest BCUT2D eigenvalue weighted by molar-refractivity contribution is 0.0602. The number of hydrogen-bond donors (Lipinski definition) is 1. The molecule has 0 saturated carbocycles. The van der Waals surface area contributed by atoms with Gasteiger partial charge in [-0.05, 0) is 62.1 Å². The summed E-state index contributed by atoms with van der Waals surface area (Å²) >= 11 is 0. The summed E-state index contributed by atoms with van der Waals surface area (Å²) < 4.78 is 5.17. The van der Waals surface area contributed by atoms with E-state index in [9.17, 15) is 4.79 Å². The van der Waals surface area contributed by atoms with Gasteiger partial charge >= 0.3 is 0 Å². The van der Waals surface area contributed by atoms with Gasteiger partial charge in [0.25, 0.3) is 5.91 Å². The smallest absolute Gasteiger partial charge is 0.272 e. The number of hydrogen-bond acceptors (Lipinski definition) is 4. The Bertz CT molecular complexity index is 715. The van der Waals surface area contributed by atoms with Crippen LogP contribution in [-0.2, 0) is 0 Å². The van der Waals surface area contributed by atoms with Gasteiger partial charge in [0.05, 0.1) is 7.11 Å². The van der Waals surface area contributed by atoms with Crippen LogP contribution in [0, 0.1) is 0 Å². The molecule has 2 aromatic rings. The average Bonchev–Trinajstić information content (AvgIpc) is 2.68. The van der Waals surface area contributed by atoms with E-state index in [-0.39, 0.29) is 5.91 Å². The fraction of sp³-hybridized carbons (Fsp3) is 0.400. The number of nitrogens with one attached hydrogen (secondary N) is 1. The van der Waals surface area contributed by atoms with E-state index in [2.05, 4.69) is 17.2 Å². The molecule has 1 N–H and O–H groups in total. The molecule has 1 aliphatic heterocycles. The number of carbonyl (C=O) groups is 1. The summed E-state index contributed by atoms with van der Waals surface area (Å²) in [6, 6.07) is 11.7. The van der Waals surface area contributed by atoms with Gasteiger partial charge in [-0.25, -0.2) is 0 Å². The predicted octanol–water partition coefficient (Wildman–Crippen LogP) is 4.24. The number of piperidine rings is 1. The van der Waals surface area contributed by atoms with Crippen molar-refractivity contribution < 1.29 is 9.53 Å². The van der Waals surface area contributed by atoms with Crippen LogP contribution in [0.15, 0.2) is 42.6 Å². The molecule has 1 aromatic heterocycles. The largest absolute Gasteiger partial charge is 0.497 e. The van der Waals surface area contributed by atoms with Gasteiger partial charge in [0.2, 0.25) is 0 Å². The van der Waals surface area contributed by atoms with Crippen molar-refractivity contribution in [1.82, 2.24) is 9.88 Å². The molecule has 5 nitrogen and oxygen atoms in total. The first kappa shape index (κ1) is 17.3. The molecule has 1 fully saturated rings. The Morgan fingerprint density at radius 2 is 2.04 bits per heavy atom. The number of anilines is 2. The van der Waals surface area contributed by atoms with Gasteiger partial charge in [-0.2, -0.15) is 0 Å². The molecule has 1 unspecified atom stereocenters. The molecule has 132 valence electrons.